The van der Waals surface area contributed by atoms with Crippen LogP contribution < -0.4 is 0 Å². The summed E-state index contributed by atoms with van der Waals surface area (Å²) in [4.78, 5) is 4.49. The molecule has 0 saturated carbocycles. The Bertz CT molecular complexity index is 736. The molecule has 0 aliphatic heterocycles. The number of rotatable bonds is 1. The van der Waals surface area contributed by atoms with Crippen LogP contribution in [0.1, 0.15) is 5.56 Å². The maximum atomic E-state index is 6.19. The molecule has 2 nitrogen and oxygen atoms in total. The molecular weight excluding hydrogens is 361 g/mol. The predicted molar refractivity (Wildman–Crippen MR) is 81.9 cm³/mol. The minimum Gasteiger partial charge on any atom is -0.436 e. The first-order valence-corrected chi connectivity index (χ1v) is 6.92. The second-order valence-electron chi connectivity index (χ2n) is 4.11. The molecule has 4 heteroatoms. The van der Waals surface area contributed by atoms with Crippen LogP contribution in [0.15, 0.2) is 40.8 Å². The number of hydrogen-bond acceptors (Lipinski definition) is 2. The third-order valence-electron chi connectivity index (χ3n) is 2.70. The molecule has 3 rings (SSSR count). The van der Waals surface area contributed by atoms with Gasteiger partial charge in [0.2, 0.25) is 5.89 Å². The average molecular weight is 370 g/mol. The Labute approximate surface area is 123 Å². The summed E-state index contributed by atoms with van der Waals surface area (Å²) in [5, 5.41) is 0.652. The van der Waals surface area contributed by atoms with Crippen LogP contribution in [0.3, 0.4) is 0 Å². The fraction of sp³-hybridized carbons (Fsp3) is 0.0714. The van der Waals surface area contributed by atoms with Gasteiger partial charge in [-0.15, -0.1) is 0 Å². The van der Waals surface area contributed by atoms with Crippen LogP contribution in [0, 0.1) is 10.5 Å². The lowest BCUT2D eigenvalue weighted by molar-refractivity contribution is 0.620. The SMILES string of the molecule is Cc1ccc2oc(-c3cc(I)ccc3Cl)nc2c1. The molecule has 0 saturated heterocycles. The van der Waals surface area contributed by atoms with Crippen LogP contribution in [-0.2, 0) is 0 Å². The first-order valence-electron chi connectivity index (χ1n) is 5.46. The van der Waals surface area contributed by atoms with Gasteiger partial charge in [-0.1, -0.05) is 17.7 Å². The van der Waals surface area contributed by atoms with E-state index in [4.69, 9.17) is 16.0 Å². The summed E-state index contributed by atoms with van der Waals surface area (Å²) in [6.07, 6.45) is 0. The summed E-state index contributed by atoms with van der Waals surface area (Å²) in [6.45, 7) is 2.03. The van der Waals surface area contributed by atoms with Gasteiger partial charge in [0.25, 0.3) is 0 Å². The quantitative estimate of drug-likeness (QED) is 0.560. The lowest BCUT2D eigenvalue weighted by Crippen LogP contribution is -1.81. The second kappa shape index (κ2) is 4.55. The number of nitrogens with zero attached hydrogens (tertiary/aromatic N) is 1. The zero-order valence-corrected chi connectivity index (χ0v) is 12.5. The van der Waals surface area contributed by atoms with Crippen LogP contribution in [0.2, 0.25) is 5.02 Å². The first kappa shape index (κ1) is 12.0. The minimum atomic E-state index is 0.569. The third-order valence-corrected chi connectivity index (χ3v) is 3.70. The number of oxazole rings is 1. The molecule has 0 N–H and O–H groups in total. The van der Waals surface area contributed by atoms with Crippen molar-refractivity contribution < 1.29 is 4.42 Å². The van der Waals surface area contributed by atoms with E-state index in [1.165, 1.54) is 0 Å². The zero-order chi connectivity index (χ0) is 12.7. The maximum absolute atomic E-state index is 6.19. The van der Waals surface area contributed by atoms with Gasteiger partial charge in [-0.05, 0) is 65.4 Å². The highest BCUT2D eigenvalue weighted by Gasteiger charge is 2.12. The predicted octanol–water partition coefficient (Wildman–Crippen LogP) is 5.06. The van der Waals surface area contributed by atoms with E-state index >= 15 is 0 Å². The first-order chi connectivity index (χ1) is 8.63. The number of halogens is 2. The Morgan fingerprint density at radius 1 is 1.17 bits per heavy atom. The van der Waals surface area contributed by atoms with Crippen molar-refractivity contribution in [3.8, 4) is 11.5 Å². The number of aryl methyl sites for hydroxylation is 1. The average Bonchev–Trinajstić information content (AvgIpc) is 2.74. The summed E-state index contributed by atoms with van der Waals surface area (Å²) in [7, 11) is 0. The van der Waals surface area contributed by atoms with Crippen molar-refractivity contribution in [1.82, 2.24) is 4.98 Å². The molecule has 18 heavy (non-hydrogen) atoms. The van der Waals surface area contributed by atoms with Crippen molar-refractivity contribution in [3.05, 3.63) is 50.6 Å². The molecule has 1 heterocycles. The molecule has 1 aromatic heterocycles. The molecule has 0 atom stereocenters. The van der Waals surface area contributed by atoms with Gasteiger partial charge < -0.3 is 4.42 Å². The summed E-state index contributed by atoms with van der Waals surface area (Å²) >= 11 is 8.43. The highest BCUT2D eigenvalue weighted by molar-refractivity contribution is 14.1. The fourth-order valence-corrected chi connectivity index (χ4v) is 2.50. The molecule has 0 amide bonds. The van der Waals surface area contributed by atoms with Crippen molar-refractivity contribution >= 4 is 45.3 Å². The number of aromatic nitrogens is 1. The van der Waals surface area contributed by atoms with Gasteiger partial charge in [0.05, 0.1) is 10.6 Å². The molecule has 90 valence electrons. The topological polar surface area (TPSA) is 26.0 Å². The molecule has 0 aliphatic rings. The smallest absolute Gasteiger partial charge is 0.228 e. The van der Waals surface area contributed by atoms with E-state index in [-0.39, 0.29) is 0 Å². The van der Waals surface area contributed by atoms with Crippen LogP contribution in [0.25, 0.3) is 22.6 Å². The summed E-state index contributed by atoms with van der Waals surface area (Å²) in [5.41, 5.74) is 3.64. The van der Waals surface area contributed by atoms with Crippen LogP contribution in [0.4, 0.5) is 0 Å². The molecule has 0 fully saturated rings. The van der Waals surface area contributed by atoms with Gasteiger partial charge in [0, 0.05) is 3.57 Å². The van der Waals surface area contributed by atoms with Gasteiger partial charge in [0.15, 0.2) is 5.58 Å². The van der Waals surface area contributed by atoms with Gasteiger partial charge in [0.1, 0.15) is 5.52 Å². The van der Waals surface area contributed by atoms with Crippen molar-refractivity contribution in [2.75, 3.05) is 0 Å². The molecule has 0 radical (unpaired) electrons. The van der Waals surface area contributed by atoms with Gasteiger partial charge in [-0.2, -0.15) is 0 Å². The largest absolute Gasteiger partial charge is 0.436 e. The minimum absolute atomic E-state index is 0.569. The second-order valence-corrected chi connectivity index (χ2v) is 5.77. The summed E-state index contributed by atoms with van der Waals surface area (Å²) in [5.74, 6) is 0.569. The Kier molecular flexibility index (Phi) is 3.03. The Balaban J connectivity index is 2.22. The monoisotopic (exact) mass is 369 g/mol. The highest BCUT2D eigenvalue weighted by Crippen LogP contribution is 2.31. The summed E-state index contributed by atoms with van der Waals surface area (Å²) < 4.78 is 6.85. The molecular formula is C14H9ClINO. The Hall–Kier alpha value is -1.07. The summed E-state index contributed by atoms with van der Waals surface area (Å²) in [6, 6.07) is 11.7. The number of benzene rings is 2. The lowest BCUT2D eigenvalue weighted by atomic mass is 10.2. The van der Waals surface area contributed by atoms with Crippen molar-refractivity contribution in [2.45, 2.75) is 6.92 Å². The Morgan fingerprint density at radius 2 is 2.00 bits per heavy atom. The van der Waals surface area contributed by atoms with Crippen LogP contribution in [0.5, 0.6) is 0 Å². The fourth-order valence-electron chi connectivity index (χ4n) is 1.81. The van der Waals surface area contributed by atoms with Crippen molar-refractivity contribution in [2.24, 2.45) is 0 Å². The molecule has 0 bridgehead atoms. The van der Waals surface area contributed by atoms with Gasteiger partial charge in [-0.25, -0.2) is 4.98 Å². The zero-order valence-electron chi connectivity index (χ0n) is 9.58. The molecule has 0 spiro atoms. The van der Waals surface area contributed by atoms with Crippen LogP contribution >= 0.6 is 34.2 Å². The lowest BCUT2D eigenvalue weighted by Gasteiger charge is -1.99. The number of hydrogen-bond donors (Lipinski definition) is 0. The maximum Gasteiger partial charge on any atom is 0.228 e. The van der Waals surface area contributed by atoms with Gasteiger partial charge in [-0.3, -0.25) is 0 Å². The van der Waals surface area contributed by atoms with Gasteiger partial charge >= 0.3 is 0 Å². The van der Waals surface area contributed by atoms with Crippen molar-refractivity contribution in [1.29, 1.82) is 0 Å². The third kappa shape index (κ3) is 2.12. The highest BCUT2D eigenvalue weighted by atomic mass is 127. The molecule has 0 aliphatic carbocycles. The van der Waals surface area contributed by atoms with Crippen LogP contribution in [-0.4, -0.2) is 4.98 Å². The van der Waals surface area contributed by atoms with Crippen molar-refractivity contribution in [3.63, 3.8) is 0 Å². The molecule has 0 unspecified atom stereocenters. The standard InChI is InChI=1S/C14H9ClINO/c1-8-2-5-13-12(6-8)17-14(18-13)10-7-9(16)3-4-11(10)15/h2-7H,1H3. The van der Waals surface area contributed by atoms with E-state index in [0.717, 1.165) is 25.8 Å². The van der Waals surface area contributed by atoms with E-state index in [1.807, 2.05) is 43.3 Å². The van der Waals surface area contributed by atoms with E-state index in [2.05, 4.69) is 27.6 Å². The van der Waals surface area contributed by atoms with E-state index < -0.39 is 0 Å². The van der Waals surface area contributed by atoms with E-state index in [9.17, 15) is 0 Å². The normalized spacial score (nSPS) is 11.1. The van der Waals surface area contributed by atoms with E-state index in [1.54, 1.807) is 0 Å². The van der Waals surface area contributed by atoms with E-state index in [0.29, 0.717) is 10.9 Å². The molecule has 3 aromatic rings. The molecule has 2 aromatic carbocycles. The Morgan fingerprint density at radius 3 is 2.83 bits per heavy atom. The number of fused-ring (bicyclic) bond motifs is 1.